The minimum absolute atomic E-state index is 0.102. The number of thiazole rings is 1. The summed E-state index contributed by atoms with van der Waals surface area (Å²) in [5, 5.41) is 5.88. The zero-order chi connectivity index (χ0) is 23.3. The third kappa shape index (κ3) is 6.58. The smallest absolute Gasteiger partial charge is 0.263 e. The van der Waals surface area contributed by atoms with E-state index >= 15 is 0 Å². The van der Waals surface area contributed by atoms with Gasteiger partial charge in [0.1, 0.15) is 17.3 Å². The number of anilines is 1. The molecule has 0 fully saturated rings. The van der Waals surface area contributed by atoms with Gasteiger partial charge in [0.2, 0.25) is 5.91 Å². The minimum Gasteiger partial charge on any atom is -0.380 e. The molecule has 0 spiro atoms. The first-order chi connectivity index (χ1) is 15.2. The van der Waals surface area contributed by atoms with Crippen LogP contribution < -0.4 is 10.1 Å². The normalized spacial score (nSPS) is 12.4. The molecule has 1 aromatic carbocycles. The molecule has 3 rings (SSSR count). The molecule has 0 unspecified atom stereocenters. The zero-order valence-electron chi connectivity index (χ0n) is 17.3. The van der Waals surface area contributed by atoms with Gasteiger partial charge in [0, 0.05) is 23.7 Å². The summed E-state index contributed by atoms with van der Waals surface area (Å²) in [5.41, 5.74) is 0.856. The van der Waals surface area contributed by atoms with E-state index in [0.717, 1.165) is 14.7 Å². The van der Waals surface area contributed by atoms with Crippen molar-refractivity contribution in [1.29, 1.82) is 0 Å². The number of hydrogen-bond donors (Lipinski definition) is 1. The molecule has 2 amide bonds. The second kappa shape index (κ2) is 10.5. The number of rotatable bonds is 9. The second-order valence-corrected chi connectivity index (χ2v) is 10.7. The van der Waals surface area contributed by atoms with E-state index in [4.69, 9.17) is 9.26 Å². The molecule has 0 saturated heterocycles. The van der Waals surface area contributed by atoms with E-state index in [1.807, 2.05) is 29.7 Å². The van der Waals surface area contributed by atoms with Gasteiger partial charge in [-0.2, -0.15) is 4.99 Å². The van der Waals surface area contributed by atoms with Crippen LogP contribution in [-0.2, 0) is 30.7 Å². The predicted molar refractivity (Wildman–Crippen MR) is 123 cm³/mol. The van der Waals surface area contributed by atoms with Gasteiger partial charge in [-0.25, -0.2) is 8.42 Å². The molecule has 2 aromatic heterocycles. The molecule has 0 saturated carbocycles. The van der Waals surface area contributed by atoms with Crippen molar-refractivity contribution in [3.63, 3.8) is 0 Å². The van der Waals surface area contributed by atoms with E-state index in [0.29, 0.717) is 30.3 Å². The predicted octanol–water partition coefficient (Wildman–Crippen LogP) is 2.28. The molecule has 0 radical (unpaired) electrons. The molecular formula is C19H21BrN4O6S2. The van der Waals surface area contributed by atoms with Crippen LogP contribution in [0.2, 0.25) is 0 Å². The largest absolute Gasteiger partial charge is 0.380 e. The molecular weight excluding hydrogens is 524 g/mol. The Hall–Kier alpha value is -2.35. The quantitative estimate of drug-likeness (QED) is 0.408. The molecule has 0 aliphatic carbocycles. The van der Waals surface area contributed by atoms with E-state index < -0.39 is 33.2 Å². The number of aromatic nitrogens is 2. The zero-order valence-corrected chi connectivity index (χ0v) is 20.5. The summed E-state index contributed by atoms with van der Waals surface area (Å²) < 4.78 is 38.5. The lowest BCUT2D eigenvalue weighted by molar-refractivity contribution is -0.115. The van der Waals surface area contributed by atoms with Gasteiger partial charge in [0.25, 0.3) is 5.91 Å². The number of nitrogens with zero attached hydrogens (tertiary/aromatic N) is 3. The molecule has 32 heavy (non-hydrogen) atoms. The Labute approximate surface area is 196 Å². The highest BCUT2D eigenvalue weighted by Crippen LogP contribution is 2.22. The van der Waals surface area contributed by atoms with Crippen molar-refractivity contribution in [2.45, 2.75) is 20.4 Å². The summed E-state index contributed by atoms with van der Waals surface area (Å²) in [6.45, 7) is 4.93. The summed E-state index contributed by atoms with van der Waals surface area (Å²) in [5.74, 6) is -2.86. The third-order valence-electron chi connectivity index (χ3n) is 4.12. The molecule has 10 nitrogen and oxygen atoms in total. The highest BCUT2D eigenvalue weighted by Gasteiger charge is 2.22. The fraction of sp³-hybridized carbons (Fsp3) is 0.368. The van der Waals surface area contributed by atoms with Gasteiger partial charge >= 0.3 is 0 Å². The first-order valence-corrected chi connectivity index (χ1v) is 13.0. The number of benzene rings is 1. The van der Waals surface area contributed by atoms with Crippen LogP contribution in [0.3, 0.4) is 0 Å². The first kappa shape index (κ1) is 24.3. The van der Waals surface area contributed by atoms with Gasteiger partial charge in [-0.05, 0) is 32.0 Å². The number of sulfone groups is 1. The van der Waals surface area contributed by atoms with Crippen LogP contribution in [-0.4, -0.2) is 54.7 Å². The van der Waals surface area contributed by atoms with Gasteiger partial charge in [-0.15, -0.1) is 0 Å². The summed E-state index contributed by atoms with van der Waals surface area (Å²) in [6.07, 6.45) is 0. The standard InChI is InChI=1S/C19H21BrN4O6S2/c1-3-29-7-6-24-14-5-4-13(20)9-15(14)31-19(24)22-18(26)11-32(27,28)10-17(25)21-16-8-12(2)30-23-16/h4-5,8-9H,3,6-7,10-11H2,1-2H3,(H,21,23,25). The maximum Gasteiger partial charge on any atom is 0.263 e. The summed E-state index contributed by atoms with van der Waals surface area (Å²) in [7, 11) is -4.03. The number of aryl methyl sites for hydroxylation is 1. The summed E-state index contributed by atoms with van der Waals surface area (Å²) in [4.78, 5) is 28.8. The number of halogens is 1. The Balaban J connectivity index is 1.77. The van der Waals surface area contributed by atoms with Crippen molar-refractivity contribution in [2.24, 2.45) is 4.99 Å². The number of hydrogen-bond acceptors (Lipinski definition) is 8. The Bertz CT molecular complexity index is 1310. The van der Waals surface area contributed by atoms with Crippen molar-refractivity contribution in [3.8, 4) is 0 Å². The van der Waals surface area contributed by atoms with E-state index in [-0.39, 0.29) is 5.82 Å². The monoisotopic (exact) mass is 544 g/mol. The highest BCUT2D eigenvalue weighted by molar-refractivity contribution is 9.10. The lowest BCUT2D eigenvalue weighted by Gasteiger charge is -2.05. The Morgan fingerprint density at radius 2 is 2.09 bits per heavy atom. The van der Waals surface area contributed by atoms with E-state index in [1.165, 1.54) is 17.4 Å². The lowest BCUT2D eigenvalue weighted by atomic mass is 10.3. The molecule has 172 valence electrons. The number of carbonyl (C=O) groups excluding carboxylic acids is 2. The van der Waals surface area contributed by atoms with Gasteiger partial charge in [-0.3, -0.25) is 9.59 Å². The van der Waals surface area contributed by atoms with Crippen LogP contribution in [0.1, 0.15) is 12.7 Å². The van der Waals surface area contributed by atoms with Crippen LogP contribution in [0, 0.1) is 6.92 Å². The average molecular weight is 545 g/mol. The summed E-state index contributed by atoms with van der Waals surface area (Å²) in [6, 6.07) is 7.11. The highest BCUT2D eigenvalue weighted by atomic mass is 79.9. The molecule has 0 bridgehead atoms. The number of nitrogens with one attached hydrogen (secondary N) is 1. The van der Waals surface area contributed by atoms with E-state index in [1.54, 1.807) is 6.92 Å². The van der Waals surface area contributed by atoms with Gasteiger partial charge in [0.15, 0.2) is 20.5 Å². The number of fused-ring (bicyclic) bond motifs is 1. The Morgan fingerprint density at radius 1 is 1.31 bits per heavy atom. The van der Waals surface area contributed by atoms with E-state index in [9.17, 15) is 18.0 Å². The topological polar surface area (TPSA) is 133 Å². The van der Waals surface area contributed by atoms with Crippen molar-refractivity contribution < 1.29 is 27.3 Å². The summed E-state index contributed by atoms with van der Waals surface area (Å²) >= 11 is 4.68. The third-order valence-corrected chi connectivity index (χ3v) is 7.04. The minimum atomic E-state index is -4.03. The van der Waals surface area contributed by atoms with Crippen LogP contribution in [0.25, 0.3) is 10.2 Å². The fourth-order valence-electron chi connectivity index (χ4n) is 2.83. The molecule has 0 aliphatic rings. The van der Waals surface area contributed by atoms with Crippen LogP contribution in [0.15, 0.2) is 38.3 Å². The van der Waals surface area contributed by atoms with Gasteiger partial charge in [0.05, 0.1) is 16.8 Å². The Kier molecular flexibility index (Phi) is 7.98. The number of carbonyl (C=O) groups is 2. The lowest BCUT2D eigenvalue weighted by Crippen LogP contribution is -2.28. The Morgan fingerprint density at radius 3 is 2.78 bits per heavy atom. The number of ether oxygens (including phenoxy) is 1. The van der Waals surface area contributed by atoms with Crippen molar-refractivity contribution in [2.75, 3.05) is 30.0 Å². The second-order valence-electron chi connectivity index (χ2n) is 6.75. The van der Waals surface area contributed by atoms with Crippen molar-refractivity contribution in [3.05, 3.63) is 39.3 Å². The van der Waals surface area contributed by atoms with Crippen molar-refractivity contribution >= 4 is 65.0 Å². The fourth-order valence-corrected chi connectivity index (χ4v) is 5.47. The van der Waals surface area contributed by atoms with Crippen LogP contribution >= 0.6 is 27.3 Å². The van der Waals surface area contributed by atoms with Crippen LogP contribution in [0.5, 0.6) is 0 Å². The maximum atomic E-state index is 12.4. The molecule has 0 aliphatic heterocycles. The van der Waals surface area contributed by atoms with Crippen LogP contribution in [0.4, 0.5) is 5.82 Å². The SMILES string of the molecule is CCOCCn1c(=NC(=O)CS(=O)(=O)CC(=O)Nc2cc(C)on2)sc2cc(Br)ccc21. The molecule has 0 atom stereocenters. The molecule has 1 N–H and O–H groups in total. The molecule has 2 heterocycles. The average Bonchev–Trinajstić information content (AvgIpc) is 3.23. The number of amides is 2. The first-order valence-electron chi connectivity index (χ1n) is 9.54. The van der Waals surface area contributed by atoms with Crippen molar-refractivity contribution in [1.82, 2.24) is 9.72 Å². The van der Waals surface area contributed by atoms with Gasteiger partial charge < -0.3 is 19.1 Å². The van der Waals surface area contributed by atoms with Gasteiger partial charge in [-0.1, -0.05) is 32.4 Å². The molecule has 3 aromatic rings. The molecule has 13 heteroatoms. The van der Waals surface area contributed by atoms with E-state index in [2.05, 4.69) is 31.4 Å². The maximum absolute atomic E-state index is 12.4.